The van der Waals surface area contributed by atoms with Crippen LogP contribution >= 0.6 is 0 Å². The van der Waals surface area contributed by atoms with Gasteiger partial charge in [-0.25, -0.2) is 4.79 Å². The molecule has 0 bridgehead atoms. The van der Waals surface area contributed by atoms with Crippen molar-refractivity contribution in [3.8, 4) is 5.75 Å². The topological polar surface area (TPSA) is 105 Å². The third-order valence-electron chi connectivity index (χ3n) is 5.13. The van der Waals surface area contributed by atoms with Gasteiger partial charge in [-0.15, -0.1) is 0 Å². The minimum absolute atomic E-state index is 0.00654. The summed E-state index contributed by atoms with van der Waals surface area (Å²) >= 11 is 0. The van der Waals surface area contributed by atoms with Crippen molar-refractivity contribution in [1.82, 2.24) is 4.57 Å². The van der Waals surface area contributed by atoms with Gasteiger partial charge in [0.1, 0.15) is 12.9 Å². The fourth-order valence-corrected chi connectivity index (χ4v) is 3.81. The first-order valence-electron chi connectivity index (χ1n) is 10.2. The largest absolute Gasteiger partial charge is 0.481 e. The number of methoxy groups -OCH3 is 1. The summed E-state index contributed by atoms with van der Waals surface area (Å²) in [5.74, 6) is -0.798. The molecule has 8 nitrogen and oxygen atoms in total. The molecule has 2 aromatic carbocycles. The van der Waals surface area contributed by atoms with Gasteiger partial charge in [0.15, 0.2) is 12.3 Å². The van der Waals surface area contributed by atoms with Gasteiger partial charge >= 0.3 is 5.97 Å². The molecule has 0 saturated heterocycles. The predicted molar refractivity (Wildman–Crippen MR) is 122 cm³/mol. The van der Waals surface area contributed by atoms with E-state index in [0.717, 1.165) is 22.3 Å². The number of carbonyl (C=O) groups is 2. The van der Waals surface area contributed by atoms with E-state index >= 15 is 0 Å². The van der Waals surface area contributed by atoms with Crippen LogP contribution in [0.3, 0.4) is 0 Å². The number of benzene rings is 2. The minimum Gasteiger partial charge on any atom is -0.481 e. The second-order valence-electron chi connectivity index (χ2n) is 7.26. The van der Waals surface area contributed by atoms with Crippen molar-refractivity contribution in [2.75, 3.05) is 20.8 Å². The molecule has 3 aromatic rings. The molecule has 3 rings (SSSR count). The Morgan fingerprint density at radius 2 is 1.84 bits per heavy atom. The van der Waals surface area contributed by atoms with Crippen LogP contribution in [0, 0.1) is 6.92 Å². The first-order chi connectivity index (χ1) is 15.4. The maximum absolute atomic E-state index is 12.3. The van der Waals surface area contributed by atoms with Crippen molar-refractivity contribution in [1.29, 1.82) is 0 Å². The number of ether oxygens (including phenoxy) is 2. The lowest BCUT2D eigenvalue weighted by Gasteiger charge is -2.12. The quantitative estimate of drug-likeness (QED) is 0.315. The first kappa shape index (κ1) is 22.9. The Bertz CT molecular complexity index is 1170. The van der Waals surface area contributed by atoms with Crippen molar-refractivity contribution >= 4 is 28.5 Å². The molecule has 0 atom stereocenters. The van der Waals surface area contributed by atoms with E-state index in [1.165, 1.54) is 14.2 Å². The molecule has 32 heavy (non-hydrogen) atoms. The fraction of sp³-hybridized carbons (Fsp3) is 0.292. The number of nitrogens with two attached hydrogens (primary N) is 1. The standard InChI is InChI=1S/C24H27N3O5/c1-5-17-22(23(24(25)29)26-31-4)21-18(27(17)13-16-9-7-6-8-10-16)11-15(2)12-19(21)32-14-20(28)30-3/h6-12H,5,13-14H2,1-4H3,(H2,25,29). The van der Waals surface area contributed by atoms with Crippen molar-refractivity contribution in [2.45, 2.75) is 26.8 Å². The summed E-state index contributed by atoms with van der Waals surface area (Å²) in [4.78, 5) is 29.0. The van der Waals surface area contributed by atoms with Gasteiger partial charge < -0.3 is 24.6 Å². The van der Waals surface area contributed by atoms with Crippen LogP contribution < -0.4 is 10.5 Å². The number of carbonyl (C=O) groups excluding carboxylic acids is 2. The van der Waals surface area contributed by atoms with Crippen molar-refractivity contribution in [3.63, 3.8) is 0 Å². The number of rotatable bonds is 9. The zero-order valence-electron chi connectivity index (χ0n) is 18.7. The molecule has 0 unspecified atom stereocenters. The van der Waals surface area contributed by atoms with E-state index in [0.29, 0.717) is 29.7 Å². The van der Waals surface area contributed by atoms with E-state index in [1.54, 1.807) is 0 Å². The number of amides is 1. The minimum atomic E-state index is -0.722. The molecule has 0 aliphatic carbocycles. The first-order valence-corrected chi connectivity index (χ1v) is 10.2. The second kappa shape index (κ2) is 10.00. The molecule has 0 saturated carbocycles. The van der Waals surface area contributed by atoms with E-state index in [1.807, 2.05) is 56.3 Å². The third kappa shape index (κ3) is 4.59. The molecule has 1 aromatic heterocycles. The van der Waals surface area contributed by atoms with Crippen LogP contribution in [-0.2, 0) is 32.1 Å². The fourth-order valence-electron chi connectivity index (χ4n) is 3.81. The van der Waals surface area contributed by atoms with E-state index in [4.69, 9.17) is 20.0 Å². The number of hydrogen-bond donors (Lipinski definition) is 1. The Labute approximate surface area is 186 Å². The normalized spacial score (nSPS) is 11.4. The van der Waals surface area contributed by atoms with Crippen LogP contribution in [-0.4, -0.2) is 43.0 Å². The van der Waals surface area contributed by atoms with Gasteiger partial charge in [-0.2, -0.15) is 0 Å². The molecule has 168 valence electrons. The zero-order chi connectivity index (χ0) is 23.3. The Balaban J connectivity index is 2.35. The number of primary amides is 1. The van der Waals surface area contributed by atoms with Gasteiger partial charge in [0.2, 0.25) is 0 Å². The second-order valence-corrected chi connectivity index (χ2v) is 7.26. The number of aromatic nitrogens is 1. The molecule has 0 radical (unpaired) electrons. The van der Waals surface area contributed by atoms with Gasteiger partial charge in [-0.05, 0) is 36.6 Å². The van der Waals surface area contributed by atoms with Crippen molar-refractivity contribution in [3.05, 3.63) is 64.8 Å². The van der Waals surface area contributed by atoms with Gasteiger partial charge in [0.25, 0.3) is 5.91 Å². The molecule has 0 fully saturated rings. The van der Waals surface area contributed by atoms with E-state index in [9.17, 15) is 9.59 Å². The van der Waals surface area contributed by atoms with Gasteiger partial charge in [0.05, 0.1) is 18.0 Å². The number of hydrogen-bond acceptors (Lipinski definition) is 6. The van der Waals surface area contributed by atoms with Crippen LogP contribution in [0.15, 0.2) is 47.6 Å². The number of fused-ring (bicyclic) bond motifs is 1. The van der Waals surface area contributed by atoms with E-state index in [-0.39, 0.29) is 12.3 Å². The molecule has 2 N–H and O–H groups in total. The third-order valence-corrected chi connectivity index (χ3v) is 5.13. The maximum Gasteiger partial charge on any atom is 0.343 e. The van der Waals surface area contributed by atoms with E-state index < -0.39 is 11.9 Å². The zero-order valence-corrected chi connectivity index (χ0v) is 18.7. The summed E-state index contributed by atoms with van der Waals surface area (Å²) in [6, 6.07) is 13.8. The van der Waals surface area contributed by atoms with Crippen LogP contribution in [0.1, 0.15) is 29.3 Å². The Morgan fingerprint density at radius 3 is 2.44 bits per heavy atom. The van der Waals surface area contributed by atoms with Crippen LogP contribution in [0.25, 0.3) is 10.9 Å². The number of esters is 1. The summed E-state index contributed by atoms with van der Waals surface area (Å²) in [6.45, 7) is 4.23. The molecular formula is C24H27N3O5. The summed E-state index contributed by atoms with van der Waals surface area (Å²) < 4.78 is 12.7. The SMILES string of the molecule is CCc1c(C(=NOC)C(N)=O)c2c(OCC(=O)OC)cc(C)cc2n1Cc1ccccc1. The van der Waals surface area contributed by atoms with Gasteiger partial charge in [-0.1, -0.05) is 42.4 Å². The average Bonchev–Trinajstić information content (AvgIpc) is 3.08. The molecule has 8 heteroatoms. The monoisotopic (exact) mass is 437 g/mol. The Kier molecular flexibility index (Phi) is 7.14. The predicted octanol–water partition coefficient (Wildman–Crippen LogP) is 2.95. The van der Waals surface area contributed by atoms with Gasteiger partial charge in [-0.3, -0.25) is 4.79 Å². The summed E-state index contributed by atoms with van der Waals surface area (Å²) in [5.41, 5.74) is 9.93. The molecule has 1 heterocycles. The molecule has 1 amide bonds. The van der Waals surface area contributed by atoms with Crippen molar-refractivity contribution in [2.24, 2.45) is 10.9 Å². The van der Waals surface area contributed by atoms with Crippen LogP contribution in [0.4, 0.5) is 0 Å². The number of oxime groups is 1. The highest BCUT2D eigenvalue weighted by Gasteiger charge is 2.27. The lowest BCUT2D eigenvalue weighted by molar-refractivity contribution is -0.142. The average molecular weight is 437 g/mol. The van der Waals surface area contributed by atoms with Crippen LogP contribution in [0.5, 0.6) is 5.75 Å². The van der Waals surface area contributed by atoms with Gasteiger partial charge in [0, 0.05) is 17.8 Å². The molecule has 0 aliphatic rings. The Hall–Kier alpha value is -3.81. The maximum atomic E-state index is 12.3. The highest BCUT2D eigenvalue weighted by Crippen LogP contribution is 2.36. The highest BCUT2D eigenvalue weighted by atomic mass is 16.6. The lowest BCUT2D eigenvalue weighted by atomic mass is 10.0. The summed E-state index contributed by atoms with van der Waals surface area (Å²) in [5, 5.41) is 4.57. The molecule has 0 spiro atoms. The molecular weight excluding hydrogens is 410 g/mol. The summed E-state index contributed by atoms with van der Waals surface area (Å²) in [7, 11) is 2.65. The lowest BCUT2D eigenvalue weighted by Crippen LogP contribution is -2.26. The highest BCUT2D eigenvalue weighted by molar-refractivity contribution is 6.47. The van der Waals surface area contributed by atoms with E-state index in [2.05, 4.69) is 9.72 Å². The smallest absolute Gasteiger partial charge is 0.343 e. The van der Waals surface area contributed by atoms with Crippen molar-refractivity contribution < 1.29 is 23.9 Å². The summed E-state index contributed by atoms with van der Waals surface area (Å²) in [6.07, 6.45) is 0.600. The number of nitrogens with zero attached hydrogens (tertiary/aromatic N) is 2. The number of aryl methyl sites for hydroxylation is 1. The molecule has 0 aliphatic heterocycles. The Morgan fingerprint density at radius 1 is 1.12 bits per heavy atom. The van der Waals surface area contributed by atoms with Crippen LogP contribution in [0.2, 0.25) is 0 Å².